The van der Waals surface area contributed by atoms with Crippen molar-refractivity contribution in [3.05, 3.63) is 11.8 Å². The second-order valence-electron chi connectivity index (χ2n) is 5.28. The van der Waals surface area contributed by atoms with Crippen LogP contribution in [-0.2, 0) is 16.6 Å². The molecule has 2 unspecified atom stereocenters. The maximum Gasteiger partial charge on any atom is 0.258 e. The molecule has 3 N–H and O–H groups in total. The molecule has 0 aliphatic carbocycles. The van der Waals surface area contributed by atoms with Crippen LogP contribution in [0.5, 0.6) is 0 Å². The van der Waals surface area contributed by atoms with Crippen LogP contribution in [-0.4, -0.2) is 31.2 Å². The molecule has 1 aromatic rings. The smallest absolute Gasteiger partial charge is 0.258 e. The van der Waals surface area contributed by atoms with E-state index >= 15 is 0 Å². The van der Waals surface area contributed by atoms with Crippen LogP contribution in [0.3, 0.4) is 0 Å². The predicted molar refractivity (Wildman–Crippen MR) is 79.8 cm³/mol. The Morgan fingerprint density at radius 1 is 1.35 bits per heavy atom. The maximum atomic E-state index is 12.3. The average molecular weight is 302 g/mol. The van der Waals surface area contributed by atoms with E-state index < -0.39 is 10.0 Å². The summed E-state index contributed by atoms with van der Waals surface area (Å²) in [6.07, 6.45) is 3.42. The summed E-state index contributed by atoms with van der Waals surface area (Å²) in [5.74, 6) is 0.496. The maximum absolute atomic E-state index is 12.3. The van der Waals surface area contributed by atoms with Gasteiger partial charge in [0.15, 0.2) is 5.03 Å². The summed E-state index contributed by atoms with van der Waals surface area (Å²) >= 11 is 0. The first kappa shape index (κ1) is 17.1. The third-order valence-corrected chi connectivity index (χ3v) is 4.93. The third kappa shape index (κ3) is 4.88. The minimum absolute atomic E-state index is 0.0924. The zero-order valence-corrected chi connectivity index (χ0v) is 13.5. The van der Waals surface area contributed by atoms with E-state index in [4.69, 9.17) is 0 Å². The lowest BCUT2D eigenvalue weighted by Crippen LogP contribution is -2.34. The number of sulfonamides is 1. The molecule has 20 heavy (non-hydrogen) atoms. The fourth-order valence-corrected chi connectivity index (χ4v) is 3.45. The molecular weight excluding hydrogens is 276 g/mol. The van der Waals surface area contributed by atoms with Gasteiger partial charge in [0.25, 0.3) is 10.0 Å². The Hall–Kier alpha value is -0.920. The largest absolute Gasteiger partial charge is 0.313 e. The molecule has 1 rings (SSSR count). The van der Waals surface area contributed by atoms with Crippen molar-refractivity contribution >= 4 is 10.0 Å². The molecule has 116 valence electrons. The number of hydrogen-bond acceptors (Lipinski definition) is 4. The zero-order chi connectivity index (χ0) is 15.2. The molecule has 1 aromatic heterocycles. The van der Waals surface area contributed by atoms with Crippen LogP contribution >= 0.6 is 0 Å². The van der Waals surface area contributed by atoms with Gasteiger partial charge in [-0.15, -0.1) is 0 Å². The molecule has 0 aromatic carbocycles. The molecule has 0 fully saturated rings. The van der Waals surface area contributed by atoms with Gasteiger partial charge >= 0.3 is 0 Å². The number of nitrogens with one attached hydrogen (secondary N) is 3. The monoisotopic (exact) mass is 302 g/mol. The Kier molecular flexibility index (Phi) is 6.64. The quantitative estimate of drug-likeness (QED) is 0.647. The highest BCUT2D eigenvalue weighted by atomic mass is 32.2. The van der Waals surface area contributed by atoms with E-state index in [-0.39, 0.29) is 11.1 Å². The van der Waals surface area contributed by atoms with E-state index in [2.05, 4.69) is 34.1 Å². The van der Waals surface area contributed by atoms with Crippen molar-refractivity contribution in [2.75, 3.05) is 6.54 Å². The minimum atomic E-state index is -3.54. The number of nitrogens with zero attached hydrogens (tertiary/aromatic N) is 1. The number of aromatic amines is 1. The lowest BCUT2D eigenvalue weighted by molar-refractivity contribution is 0.445. The van der Waals surface area contributed by atoms with E-state index in [0.29, 0.717) is 18.0 Å². The molecule has 0 amide bonds. The van der Waals surface area contributed by atoms with E-state index in [0.717, 1.165) is 19.4 Å². The highest BCUT2D eigenvalue weighted by Gasteiger charge is 2.23. The topological polar surface area (TPSA) is 86.9 Å². The molecule has 0 aliphatic rings. The molecule has 6 nitrogen and oxygen atoms in total. The standard InChI is InChI=1S/C13H26N4O2S/c1-5-10(3)7-11(4)17-20(18,19)13-12(8-14-6-2)9-15-16-13/h9-11,14,17H,5-8H2,1-4H3,(H,15,16). The van der Waals surface area contributed by atoms with Gasteiger partial charge in [0.05, 0.1) is 6.20 Å². The molecule has 0 aliphatic heterocycles. The van der Waals surface area contributed by atoms with Gasteiger partial charge in [-0.3, -0.25) is 5.10 Å². The third-order valence-electron chi connectivity index (χ3n) is 3.32. The van der Waals surface area contributed by atoms with Crippen LogP contribution in [0.15, 0.2) is 11.2 Å². The molecule has 0 saturated carbocycles. The predicted octanol–water partition coefficient (Wildman–Crippen LogP) is 1.62. The normalized spacial score (nSPS) is 15.2. The van der Waals surface area contributed by atoms with Gasteiger partial charge in [-0.05, 0) is 25.8 Å². The fourth-order valence-electron chi connectivity index (χ4n) is 2.06. The van der Waals surface area contributed by atoms with Crippen LogP contribution in [0.2, 0.25) is 0 Å². The van der Waals surface area contributed by atoms with Crippen molar-refractivity contribution in [2.24, 2.45) is 5.92 Å². The summed E-state index contributed by atoms with van der Waals surface area (Å²) < 4.78 is 27.4. The van der Waals surface area contributed by atoms with Crippen molar-refractivity contribution in [3.8, 4) is 0 Å². The fraction of sp³-hybridized carbons (Fsp3) is 0.769. The van der Waals surface area contributed by atoms with Gasteiger partial charge in [0.2, 0.25) is 0 Å². The molecule has 1 heterocycles. The van der Waals surface area contributed by atoms with Crippen molar-refractivity contribution in [2.45, 2.75) is 58.1 Å². The van der Waals surface area contributed by atoms with E-state index in [1.54, 1.807) is 6.20 Å². The second-order valence-corrected chi connectivity index (χ2v) is 6.93. The Bertz CT molecular complexity index is 498. The van der Waals surface area contributed by atoms with Gasteiger partial charge in [0, 0.05) is 18.2 Å². The summed E-state index contributed by atoms with van der Waals surface area (Å²) in [4.78, 5) is 0. The summed E-state index contributed by atoms with van der Waals surface area (Å²) in [7, 11) is -3.54. The molecule has 0 bridgehead atoms. The van der Waals surface area contributed by atoms with Crippen molar-refractivity contribution in [1.29, 1.82) is 0 Å². The lowest BCUT2D eigenvalue weighted by atomic mass is 10.0. The van der Waals surface area contributed by atoms with Crippen LogP contribution in [0.25, 0.3) is 0 Å². The molecule has 0 spiro atoms. The van der Waals surface area contributed by atoms with Crippen LogP contribution in [0, 0.1) is 5.92 Å². The SMILES string of the molecule is CCNCc1cn[nH]c1S(=O)(=O)NC(C)CC(C)CC. The van der Waals surface area contributed by atoms with E-state index in [1.807, 2.05) is 13.8 Å². The highest BCUT2D eigenvalue weighted by molar-refractivity contribution is 7.89. The van der Waals surface area contributed by atoms with Crippen molar-refractivity contribution in [1.82, 2.24) is 20.2 Å². The Morgan fingerprint density at radius 3 is 2.65 bits per heavy atom. The first-order valence-corrected chi connectivity index (χ1v) is 8.64. The highest BCUT2D eigenvalue weighted by Crippen LogP contribution is 2.15. The average Bonchev–Trinajstić information content (AvgIpc) is 2.84. The molecular formula is C13H26N4O2S. The summed E-state index contributed by atoms with van der Waals surface area (Å²) in [6, 6.07) is -0.0924. The van der Waals surface area contributed by atoms with Crippen molar-refractivity contribution in [3.63, 3.8) is 0 Å². The first-order chi connectivity index (χ1) is 9.40. The Labute approximate surface area is 121 Å². The molecule has 7 heteroatoms. The zero-order valence-electron chi connectivity index (χ0n) is 12.7. The Balaban J connectivity index is 2.76. The number of rotatable bonds is 9. The van der Waals surface area contributed by atoms with Crippen LogP contribution < -0.4 is 10.0 Å². The van der Waals surface area contributed by atoms with Gasteiger partial charge in [-0.2, -0.15) is 5.10 Å². The van der Waals surface area contributed by atoms with Gasteiger partial charge in [-0.1, -0.05) is 27.2 Å². The van der Waals surface area contributed by atoms with Gasteiger partial charge in [-0.25, -0.2) is 13.1 Å². The molecule has 0 radical (unpaired) electrons. The van der Waals surface area contributed by atoms with Crippen molar-refractivity contribution < 1.29 is 8.42 Å². The lowest BCUT2D eigenvalue weighted by Gasteiger charge is -2.17. The summed E-state index contributed by atoms with van der Waals surface area (Å²) in [6.45, 7) is 9.36. The second kappa shape index (κ2) is 7.75. The van der Waals surface area contributed by atoms with Crippen LogP contribution in [0.1, 0.15) is 46.1 Å². The molecule has 2 atom stereocenters. The Morgan fingerprint density at radius 2 is 2.05 bits per heavy atom. The minimum Gasteiger partial charge on any atom is -0.313 e. The van der Waals surface area contributed by atoms with Gasteiger partial charge in [0.1, 0.15) is 0 Å². The number of aromatic nitrogens is 2. The first-order valence-electron chi connectivity index (χ1n) is 7.16. The van der Waals surface area contributed by atoms with E-state index in [1.165, 1.54) is 0 Å². The van der Waals surface area contributed by atoms with Gasteiger partial charge < -0.3 is 5.32 Å². The number of H-pyrrole nitrogens is 1. The molecule has 0 saturated heterocycles. The summed E-state index contributed by atoms with van der Waals surface area (Å²) in [5.41, 5.74) is 0.662. The summed E-state index contributed by atoms with van der Waals surface area (Å²) in [5, 5.41) is 9.70. The number of hydrogen-bond donors (Lipinski definition) is 3. The van der Waals surface area contributed by atoms with Crippen LogP contribution in [0.4, 0.5) is 0 Å². The van der Waals surface area contributed by atoms with E-state index in [9.17, 15) is 8.42 Å².